The van der Waals surface area contributed by atoms with Gasteiger partial charge in [0, 0.05) is 11.7 Å². The van der Waals surface area contributed by atoms with Crippen LogP contribution in [0.2, 0.25) is 0 Å². The zero-order chi connectivity index (χ0) is 14.8. The van der Waals surface area contributed by atoms with Gasteiger partial charge in [-0.25, -0.2) is 8.42 Å². The van der Waals surface area contributed by atoms with Crippen LogP contribution in [0.5, 0.6) is 0 Å². The molecule has 106 valence electrons. The molecule has 0 heterocycles. The minimum absolute atomic E-state index is 0.140. The number of nitrogens with two attached hydrogens (primary N) is 1. The van der Waals surface area contributed by atoms with Crippen molar-refractivity contribution < 1.29 is 8.42 Å². The molecule has 0 aliphatic carbocycles. The van der Waals surface area contributed by atoms with Crippen molar-refractivity contribution in [2.45, 2.75) is 24.8 Å². The van der Waals surface area contributed by atoms with E-state index in [9.17, 15) is 8.42 Å². The van der Waals surface area contributed by atoms with Crippen LogP contribution in [0.15, 0.2) is 53.4 Å². The summed E-state index contributed by atoms with van der Waals surface area (Å²) in [6.07, 6.45) is 0. The lowest BCUT2D eigenvalue weighted by Crippen LogP contribution is -2.13. The van der Waals surface area contributed by atoms with Crippen molar-refractivity contribution in [2.24, 2.45) is 5.73 Å². The summed E-state index contributed by atoms with van der Waals surface area (Å²) in [7, 11) is -3.56. The van der Waals surface area contributed by atoms with Crippen molar-refractivity contribution in [2.75, 3.05) is 4.72 Å². The minimum atomic E-state index is -3.56. The summed E-state index contributed by atoms with van der Waals surface area (Å²) in [6.45, 7) is 3.77. The van der Waals surface area contributed by atoms with E-state index in [1.165, 1.54) is 0 Å². The second-order valence-corrected chi connectivity index (χ2v) is 6.52. The number of anilines is 1. The Morgan fingerprint density at radius 2 is 1.75 bits per heavy atom. The summed E-state index contributed by atoms with van der Waals surface area (Å²) < 4.78 is 27.1. The van der Waals surface area contributed by atoms with Crippen LogP contribution in [0.3, 0.4) is 0 Å². The first-order valence-corrected chi connectivity index (χ1v) is 7.82. The third kappa shape index (κ3) is 3.37. The highest BCUT2D eigenvalue weighted by Crippen LogP contribution is 2.19. The Labute approximate surface area is 119 Å². The average Bonchev–Trinajstić information content (AvgIpc) is 2.39. The second kappa shape index (κ2) is 5.64. The Hall–Kier alpha value is -1.85. The summed E-state index contributed by atoms with van der Waals surface area (Å²) in [5.41, 5.74) is 8.21. The summed E-state index contributed by atoms with van der Waals surface area (Å²) in [5, 5.41) is 0. The molecular formula is C15H18N2O2S. The second-order valence-electron chi connectivity index (χ2n) is 4.83. The predicted molar refractivity (Wildman–Crippen MR) is 81.0 cm³/mol. The largest absolute Gasteiger partial charge is 0.324 e. The fourth-order valence-electron chi connectivity index (χ4n) is 1.82. The standard InChI is InChI=1S/C15H18N2O2S/c1-11-6-8-15(9-7-11)20(18,19)17-14-5-3-4-13(10-14)12(2)16/h3-10,12,17H,16H2,1-2H3. The third-order valence-electron chi connectivity index (χ3n) is 3.00. The molecule has 0 bridgehead atoms. The first-order chi connectivity index (χ1) is 9.38. The Morgan fingerprint density at radius 1 is 1.10 bits per heavy atom. The molecule has 2 aromatic carbocycles. The summed E-state index contributed by atoms with van der Waals surface area (Å²) >= 11 is 0. The summed E-state index contributed by atoms with van der Waals surface area (Å²) in [5.74, 6) is 0. The van der Waals surface area contributed by atoms with E-state index in [0.29, 0.717) is 5.69 Å². The van der Waals surface area contributed by atoms with E-state index in [4.69, 9.17) is 5.73 Å². The zero-order valence-corrected chi connectivity index (χ0v) is 12.3. The highest BCUT2D eigenvalue weighted by molar-refractivity contribution is 7.92. The van der Waals surface area contributed by atoms with Crippen LogP contribution in [-0.2, 0) is 10.0 Å². The Bertz CT molecular complexity index is 692. The fourth-order valence-corrected chi connectivity index (χ4v) is 2.87. The molecule has 20 heavy (non-hydrogen) atoms. The lowest BCUT2D eigenvalue weighted by molar-refractivity contribution is 0.601. The lowest BCUT2D eigenvalue weighted by Gasteiger charge is -2.11. The molecule has 2 aromatic rings. The lowest BCUT2D eigenvalue weighted by atomic mass is 10.1. The van der Waals surface area contributed by atoms with E-state index in [0.717, 1.165) is 11.1 Å². The SMILES string of the molecule is Cc1ccc(S(=O)(=O)Nc2cccc(C(C)N)c2)cc1. The molecule has 5 heteroatoms. The molecule has 0 saturated heterocycles. The number of rotatable bonds is 4. The van der Waals surface area contributed by atoms with E-state index in [1.807, 2.05) is 19.9 Å². The molecule has 0 amide bonds. The van der Waals surface area contributed by atoms with Gasteiger partial charge in [0.05, 0.1) is 4.90 Å². The van der Waals surface area contributed by atoms with Gasteiger partial charge in [0.15, 0.2) is 0 Å². The Balaban J connectivity index is 2.28. The van der Waals surface area contributed by atoms with Gasteiger partial charge in [0.2, 0.25) is 0 Å². The van der Waals surface area contributed by atoms with E-state index in [2.05, 4.69) is 4.72 Å². The molecule has 0 aliphatic heterocycles. The minimum Gasteiger partial charge on any atom is -0.324 e. The van der Waals surface area contributed by atoms with Gasteiger partial charge in [-0.15, -0.1) is 0 Å². The smallest absolute Gasteiger partial charge is 0.261 e. The van der Waals surface area contributed by atoms with Gasteiger partial charge in [-0.1, -0.05) is 29.8 Å². The van der Waals surface area contributed by atoms with Crippen molar-refractivity contribution in [3.63, 3.8) is 0 Å². The number of nitrogens with one attached hydrogen (secondary N) is 1. The van der Waals surface area contributed by atoms with Gasteiger partial charge >= 0.3 is 0 Å². The molecule has 0 saturated carbocycles. The number of benzene rings is 2. The number of hydrogen-bond donors (Lipinski definition) is 2. The van der Waals surface area contributed by atoms with Crippen molar-refractivity contribution in [3.8, 4) is 0 Å². The van der Waals surface area contributed by atoms with Gasteiger partial charge in [-0.05, 0) is 43.7 Å². The van der Waals surface area contributed by atoms with Gasteiger partial charge in [-0.2, -0.15) is 0 Å². The van der Waals surface area contributed by atoms with Crippen LogP contribution < -0.4 is 10.5 Å². The number of aryl methyl sites for hydroxylation is 1. The van der Waals surface area contributed by atoms with Crippen molar-refractivity contribution >= 4 is 15.7 Å². The van der Waals surface area contributed by atoms with E-state index >= 15 is 0 Å². The maximum Gasteiger partial charge on any atom is 0.261 e. The molecule has 0 aromatic heterocycles. The van der Waals surface area contributed by atoms with Crippen molar-refractivity contribution in [1.82, 2.24) is 0 Å². The first kappa shape index (κ1) is 14.6. The molecule has 0 radical (unpaired) electrons. The summed E-state index contributed by atoms with van der Waals surface area (Å²) in [4.78, 5) is 0.245. The molecular weight excluding hydrogens is 272 g/mol. The Kier molecular flexibility index (Phi) is 4.11. The number of sulfonamides is 1. The van der Waals surface area contributed by atoms with E-state index < -0.39 is 10.0 Å². The van der Waals surface area contributed by atoms with Crippen LogP contribution in [0.4, 0.5) is 5.69 Å². The van der Waals surface area contributed by atoms with Crippen LogP contribution in [0, 0.1) is 6.92 Å². The number of hydrogen-bond acceptors (Lipinski definition) is 3. The normalized spacial score (nSPS) is 12.9. The van der Waals surface area contributed by atoms with Crippen LogP contribution >= 0.6 is 0 Å². The highest BCUT2D eigenvalue weighted by atomic mass is 32.2. The quantitative estimate of drug-likeness (QED) is 0.909. The van der Waals surface area contributed by atoms with Gasteiger partial charge in [0.25, 0.3) is 10.0 Å². The Morgan fingerprint density at radius 3 is 2.35 bits per heavy atom. The van der Waals surface area contributed by atoms with Gasteiger partial charge < -0.3 is 5.73 Å². The molecule has 0 aliphatic rings. The predicted octanol–water partition coefficient (Wildman–Crippen LogP) is 2.82. The topological polar surface area (TPSA) is 72.2 Å². The van der Waals surface area contributed by atoms with Gasteiger partial charge in [0.1, 0.15) is 0 Å². The molecule has 2 rings (SSSR count). The molecule has 1 unspecified atom stereocenters. The summed E-state index contributed by atoms with van der Waals surface area (Å²) in [6, 6.07) is 13.7. The van der Waals surface area contributed by atoms with Gasteiger partial charge in [-0.3, -0.25) is 4.72 Å². The van der Waals surface area contributed by atoms with Crippen LogP contribution in [0.25, 0.3) is 0 Å². The van der Waals surface area contributed by atoms with Crippen LogP contribution in [0.1, 0.15) is 24.1 Å². The van der Waals surface area contributed by atoms with Crippen LogP contribution in [-0.4, -0.2) is 8.42 Å². The van der Waals surface area contributed by atoms with E-state index in [1.54, 1.807) is 42.5 Å². The van der Waals surface area contributed by atoms with E-state index in [-0.39, 0.29) is 10.9 Å². The average molecular weight is 290 g/mol. The fraction of sp³-hybridized carbons (Fsp3) is 0.200. The third-order valence-corrected chi connectivity index (χ3v) is 4.39. The zero-order valence-electron chi connectivity index (χ0n) is 11.5. The monoisotopic (exact) mass is 290 g/mol. The van der Waals surface area contributed by atoms with Crippen molar-refractivity contribution in [1.29, 1.82) is 0 Å². The van der Waals surface area contributed by atoms with Crippen molar-refractivity contribution in [3.05, 3.63) is 59.7 Å². The molecule has 4 nitrogen and oxygen atoms in total. The molecule has 3 N–H and O–H groups in total. The highest BCUT2D eigenvalue weighted by Gasteiger charge is 2.14. The molecule has 1 atom stereocenters. The maximum absolute atomic E-state index is 12.3. The molecule has 0 spiro atoms. The first-order valence-electron chi connectivity index (χ1n) is 6.33. The maximum atomic E-state index is 12.3. The molecule has 0 fully saturated rings.